The third-order valence-electron chi connectivity index (χ3n) is 3.66. The molecular weight excluding hydrogens is 318 g/mol. The minimum atomic E-state index is -3.86. The number of carbonyl (C=O) groups excluding carboxylic acids is 1. The van der Waals surface area contributed by atoms with Gasteiger partial charge in [-0.1, -0.05) is 13.8 Å². The van der Waals surface area contributed by atoms with Crippen LogP contribution in [0.1, 0.15) is 32.3 Å². The molecule has 2 rings (SSSR count). The van der Waals surface area contributed by atoms with Crippen LogP contribution in [0.25, 0.3) is 0 Å². The molecule has 1 aliphatic heterocycles. The molecule has 1 unspecified atom stereocenters. The number of benzene rings is 1. The number of hydrogen-bond acceptors (Lipinski definition) is 5. The first-order valence-corrected chi connectivity index (χ1v) is 9.19. The molecule has 0 aromatic heterocycles. The Morgan fingerprint density at radius 3 is 2.74 bits per heavy atom. The van der Waals surface area contributed by atoms with Gasteiger partial charge < -0.3 is 9.47 Å². The Morgan fingerprint density at radius 1 is 1.43 bits per heavy atom. The highest BCUT2D eigenvalue weighted by Crippen LogP contribution is 2.22. The summed E-state index contributed by atoms with van der Waals surface area (Å²) in [7, 11) is -3.86. The number of nitrogens with one attached hydrogen (secondary N) is 1. The second-order valence-electron chi connectivity index (χ2n) is 6.00. The quantitative estimate of drug-likeness (QED) is 0.856. The van der Waals surface area contributed by atoms with E-state index in [0.29, 0.717) is 17.9 Å². The molecule has 128 valence electrons. The van der Waals surface area contributed by atoms with Gasteiger partial charge >= 0.3 is 0 Å². The van der Waals surface area contributed by atoms with Gasteiger partial charge in [-0.2, -0.15) is 0 Å². The zero-order valence-electron chi connectivity index (χ0n) is 13.7. The van der Waals surface area contributed by atoms with Gasteiger partial charge in [-0.25, -0.2) is 13.1 Å². The Balaban J connectivity index is 2.07. The summed E-state index contributed by atoms with van der Waals surface area (Å²) < 4.78 is 37.7. The molecule has 7 heteroatoms. The zero-order valence-corrected chi connectivity index (χ0v) is 14.5. The van der Waals surface area contributed by atoms with E-state index in [-0.39, 0.29) is 11.0 Å². The lowest BCUT2D eigenvalue weighted by atomic mass is 10.2. The van der Waals surface area contributed by atoms with Crippen molar-refractivity contribution in [1.29, 1.82) is 0 Å². The van der Waals surface area contributed by atoms with Crippen LogP contribution in [0, 0.1) is 12.8 Å². The number of aryl methyl sites for hydroxylation is 1. The van der Waals surface area contributed by atoms with Gasteiger partial charge in [-0.3, -0.25) is 4.79 Å². The van der Waals surface area contributed by atoms with Gasteiger partial charge in [0, 0.05) is 12.5 Å². The van der Waals surface area contributed by atoms with Crippen LogP contribution in [-0.4, -0.2) is 33.6 Å². The molecule has 0 bridgehead atoms. The number of amides is 1. The Kier molecular flexibility index (Phi) is 5.64. The van der Waals surface area contributed by atoms with Crippen LogP contribution in [0.3, 0.4) is 0 Å². The van der Waals surface area contributed by atoms with Crippen LogP contribution in [0.4, 0.5) is 0 Å². The Hall–Kier alpha value is -1.60. The molecule has 1 aromatic rings. The molecule has 23 heavy (non-hydrogen) atoms. The Morgan fingerprint density at radius 2 is 2.17 bits per heavy atom. The van der Waals surface area contributed by atoms with Crippen molar-refractivity contribution in [2.45, 2.75) is 44.6 Å². The lowest BCUT2D eigenvalue weighted by molar-refractivity contribution is -0.122. The van der Waals surface area contributed by atoms with E-state index >= 15 is 0 Å². The smallest absolute Gasteiger partial charge is 0.264 e. The van der Waals surface area contributed by atoms with Crippen molar-refractivity contribution >= 4 is 15.9 Å². The normalized spacial score (nSPS) is 18.2. The highest BCUT2D eigenvalue weighted by molar-refractivity contribution is 7.90. The van der Waals surface area contributed by atoms with Crippen LogP contribution in [-0.2, 0) is 19.6 Å². The maximum Gasteiger partial charge on any atom is 0.264 e. The topological polar surface area (TPSA) is 81.7 Å². The zero-order chi connectivity index (χ0) is 17.0. The van der Waals surface area contributed by atoms with Gasteiger partial charge in [0.05, 0.1) is 11.0 Å². The molecule has 0 spiro atoms. The predicted octanol–water partition coefficient (Wildman–Crippen LogP) is 2.01. The maximum absolute atomic E-state index is 12.3. The third kappa shape index (κ3) is 4.68. The number of hydrogen-bond donors (Lipinski definition) is 1. The predicted molar refractivity (Wildman–Crippen MR) is 85.8 cm³/mol. The summed E-state index contributed by atoms with van der Waals surface area (Å²) in [5, 5.41) is 0. The second-order valence-corrected chi connectivity index (χ2v) is 7.65. The highest BCUT2D eigenvalue weighted by Gasteiger charge is 2.22. The van der Waals surface area contributed by atoms with Gasteiger partial charge in [0.25, 0.3) is 10.0 Å². The van der Waals surface area contributed by atoms with Crippen LogP contribution in [0.5, 0.6) is 5.75 Å². The SMILES string of the molecule is Cc1cc(OCC2CCCO2)ccc1S(=O)(=O)NC(=O)C(C)C. The van der Waals surface area contributed by atoms with Crippen molar-refractivity contribution < 1.29 is 22.7 Å². The van der Waals surface area contributed by atoms with Crippen LogP contribution in [0.2, 0.25) is 0 Å². The number of sulfonamides is 1. The summed E-state index contributed by atoms with van der Waals surface area (Å²) in [6.07, 6.45) is 2.12. The summed E-state index contributed by atoms with van der Waals surface area (Å²) >= 11 is 0. The van der Waals surface area contributed by atoms with E-state index in [1.807, 2.05) is 0 Å². The van der Waals surface area contributed by atoms with Crippen LogP contribution >= 0.6 is 0 Å². The summed E-state index contributed by atoms with van der Waals surface area (Å²) in [6.45, 7) is 6.17. The summed E-state index contributed by atoms with van der Waals surface area (Å²) in [5.74, 6) is -0.339. The molecule has 1 atom stereocenters. The number of ether oxygens (including phenoxy) is 2. The fraction of sp³-hybridized carbons (Fsp3) is 0.562. The molecule has 6 nitrogen and oxygen atoms in total. The second kappa shape index (κ2) is 7.31. The first-order chi connectivity index (χ1) is 10.8. The van der Waals surface area contributed by atoms with E-state index in [0.717, 1.165) is 19.4 Å². The molecule has 0 saturated carbocycles. The van der Waals surface area contributed by atoms with Gasteiger partial charge in [0.15, 0.2) is 0 Å². The molecule has 1 N–H and O–H groups in total. The molecule has 1 aromatic carbocycles. The van der Waals surface area contributed by atoms with Crippen molar-refractivity contribution in [3.63, 3.8) is 0 Å². The van der Waals surface area contributed by atoms with Crippen molar-refractivity contribution in [2.24, 2.45) is 5.92 Å². The number of carbonyl (C=O) groups is 1. The Labute approximate surface area is 137 Å². The lowest BCUT2D eigenvalue weighted by Gasteiger charge is -2.14. The van der Waals surface area contributed by atoms with E-state index < -0.39 is 21.8 Å². The van der Waals surface area contributed by atoms with Gasteiger partial charge in [0.2, 0.25) is 5.91 Å². The third-order valence-corrected chi connectivity index (χ3v) is 5.16. The van der Waals surface area contributed by atoms with E-state index in [9.17, 15) is 13.2 Å². The van der Waals surface area contributed by atoms with Crippen molar-refractivity contribution in [3.8, 4) is 5.75 Å². The number of rotatable bonds is 6. The van der Waals surface area contributed by atoms with Gasteiger partial charge in [-0.15, -0.1) is 0 Å². The average Bonchev–Trinajstić information content (AvgIpc) is 2.97. The van der Waals surface area contributed by atoms with Gasteiger partial charge in [-0.05, 0) is 43.5 Å². The minimum absolute atomic E-state index is 0.0796. The maximum atomic E-state index is 12.3. The molecule has 1 amide bonds. The van der Waals surface area contributed by atoms with E-state index in [2.05, 4.69) is 4.72 Å². The largest absolute Gasteiger partial charge is 0.491 e. The fourth-order valence-electron chi connectivity index (χ4n) is 2.28. The first kappa shape index (κ1) is 17.7. The molecular formula is C16H23NO5S. The first-order valence-electron chi connectivity index (χ1n) is 7.71. The Bertz CT molecular complexity index is 663. The molecule has 1 aliphatic rings. The summed E-state index contributed by atoms with van der Waals surface area (Å²) in [5.41, 5.74) is 0.527. The van der Waals surface area contributed by atoms with E-state index in [4.69, 9.17) is 9.47 Å². The monoisotopic (exact) mass is 341 g/mol. The van der Waals surface area contributed by atoms with Crippen LogP contribution < -0.4 is 9.46 Å². The molecule has 1 fully saturated rings. The average molecular weight is 341 g/mol. The molecule has 1 heterocycles. The summed E-state index contributed by atoms with van der Waals surface area (Å²) in [6, 6.07) is 4.70. The molecule has 0 radical (unpaired) electrons. The lowest BCUT2D eigenvalue weighted by Crippen LogP contribution is -2.34. The summed E-state index contributed by atoms with van der Waals surface area (Å²) in [4.78, 5) is 11.7. The fourth-order valence-corrected chi connectivity index (χ4v) is 3.62. The highest BCUT2D eigenvalue weighted by atomic mass is 32.2. The van der Waals surface area contributed by atoms with E-state index in [1.54, 1.807) is 32.9 Å². The van der Waals surface area contributed by atoms with Crippen molar-refractivity contribution in [1.82, 2.24) is 4.72 Å². The van der Waals surface area contributed by atoms with E-state index in [1.165, 1.54) is 6.07 Å². The van der Waals surface area contributed by atoms with Crippen LogP contribution in [0.15, 0.2) is 23.1 Å². The van der Waals surface area contributed by atoms with Crippen molar-refractivity contribution in [2.75, 3.05) is 13.2 Å². The molecule has 0 aliphatic carbocycles. The van der Waals surface area contributed by atoms with Gasteiger partial charge in [0.1, 0.15) is 12.4 Å². The molecule has 1 saturated heterocycles. The minimum Gasteiger partial charge on any atom is -0.491 e. The standard InChI is InChI=1S/C16H23NO5S/c1-11(2)16(18)17-23(19,20)15-7-6-13(9-12(15)3)22-10-14-5-4-8-21-14/h6-7,9,11,14H,4-5,8,10H2,1-3H3,(H,17,18). The van der Waals surface area contributed by atoms with Crippen molar-refractivity contribution in [3.05, 3.63) is 23.8 Å².